The minimum absolute atomic E-state index is 0.622. The molecule has 0 bridgehead atoms. The minimum atomic E-state index is 0.622. The Morgan fingerprint density at radius 1 is 1.00 bits per heavy atom. The maximum atomic E-state index is 6.06. The number of rotatable bonds is 3. The SMILES string of the molecule is c1cnc2c(Oc3ccc([C@@H]4CCCNC4)cc3)cccc2c1. The van der Waals surface area contributed by atoms with E-state index in [-0.39, 0.29) is 0 Å². The highest BCUT2D eigenvalue weighted by Gasteiger charge is 2.15. The summed E-state index contributed by atoms with van der Waals surface area (Å²) in [4.78, 5) is 4.44. The lowest BCUT2D eigenvalue weighted by atomic mass is 9.92. The Labute approximate surface area is 136 Å². The second kappa shape index (κ2) is 6.39. The smallest absolute Gasteiger partial charge is 0.153 e. The van der Waals surface area contributed by atoms with E-state index < -0.39 is 0 Å². The molecule has 1 aromatic heterocycles. The molecule has 0 amide bonds. The number of hydrogen-bond donors (Lipinski definition) is 1. The van der Waals surface area contributed by atoms with Crippen molar-refractivity contribution in [1.82, 2.24) is 10.3 Å². The third kappa shape index (κ3) is 3.06. The molecule has 1 atom stereocenters. The fourth-order valence-corrected chi connectivity index (χ4v) is 3.23. The van der Waals surface area contributed by atoms with Crippen LogP contribution >= 0.6 is 0 Å². The van der Waals surface area contributed by atoms with Crippen molar-refractivity contribution in [1.29, 1.82) is 0 Å². The van der Waals surface area contributed by atoms with Crippen LogP contribution in [-0.4, -0.2) is 18.1 Å². The summed E-state index contributed by atoms with van der Waals surface area (Å²) in [7, 11) is 0. The monoisotopic (exact) mass is 304 g/mol. The molecule has 1 saturated heterocycles. The van der Waals surface area contributed by atoms with Crippen LogP contribution in [0.2, 0.25) is 0 Å². The Kier molecular flexibility index (Phi) is 3.95. The quantitative estimate of drug-likeness (QED) is 0.774. The van der Waals surface area contributed by atoms with Crippen molar-refractivity contribution in [2.24, 2.45) is 0 Å². The van der Waals surface area contributed by atoms with E-state index in [4.69, 9.17) is 4.74 Å². The van der Waals surface area contributed by atoms with Crippen molar-refractivity contribution < 1.29 is 4.74 Å². The Balaban J connectivity index is 1.56. The van der Waals surface area contributed by atoms with Crippen LogP contribution in [0.4, 0.5) is 0 Å². The zero-order chi connectivity index (χ0) is 15.5. The molecule has 0 aliphatic carbocycles. The van der Waals surface area contributed by atoms with Gasteiger partial charge in [-0.25, -0.2) is 0 Å². The molecule has 1 N–H and O–H groups in total. The molecule has 3 nitrogen and oxygen atoms in total. The number of hydrogen-bond acceptors (Lipinski definition) is 3. The van der Waals surface area contributed by atoms with Crippen LogP contribution in [0.3, 0.4) is 0 Å². The van der Waals surface area contributed by atoms with Crippen LogP contribution in [0, 0.1) is 0 Å². The minimum Gasteiger partial charge on any atom is -0.455 e. The molecule has 0 radical (unpaired) electrons. The summed E-state index contributed by atoms with van der Waals surface area (Å²) < 4.78 is 6.06. The summed E-state index contributed by atoms with van der Waals surface area (Å²) in [6.45, 7) is 2.22. The van der Waals surface area contributed by atoms with Crippen molar-refractivity contribution in [2.45, 2.75) is 18.8 Å². The molecule has 23 heavy (non-hydrogen) atoms. The van der Waals surface area contributed by atoms with Gasteiger partial charge in [-0.2, -0.15) is 0 Å². The summed E-state index contributed by atoms with van der Waals surface area (Å²) >= 11 is 0. The Hall–Kier alpha value is -2.39. The van der Waals surface area contributed by atoms with Crippen molar-refractivity contribution >= 4 is 10.9 Å². The topological polar surface area (TPSA) is 34.1 Å². The van der Waals surface area contributed by atoms with Crippen LogP contribution in [-0.2, 0) is 0 Å². The van der Waals surface area contributed by atoms with Crippen LogP contribution in [0.5, 0.6) is 11.5 Å². The Morgan fingerprint density at radius 2 is 1.87 bits per heavy atom. The van der Waals surface area contributed by atoms with Gasteiger partial charge in [0.2, 0.25) is 0 Å². The molecule has 0 saturated carbocycles. The number of pyridine rings is 1. The van der Waals surface area contributed by atoms with E-state index >= 15 is 0 Å². The first-order valence-corrected chi connectivity index (χ1v) is 8.22. The largest absolute Gasteiger partial charge is 0.455 e. The van der Waals surface area contributed by atoms with Gasteiger partial charge in [0.05, 0.1) is 0 Å². The van der Waals surface area contributed by atoms with E-state index in [1.54, 1.807) is 6.20 Å². The molecule has 2 aromatic carbocycles. The molecule has 4 rings (SSSR count). The number of para-hydroxylation sites is 1. The highest BCUT2D eigenvalue weighted by molar-refractivity contribution is 5.84. The van der Waals surface area contributed by atoms with E-state index in [1.807, 2.05) is 30.3 Å². The van der Waals surface area contributed by atoms with E-state index in [2.05, 4.69) is 34.6 Å². The predicted octanol–water partition coefficient (Wildman–Crippen LogP) is 4.49. The molecule has 1 aliphatic rings. The summed E-state index contributed by atoms with van der Waals surface area (Å²) in [5.74, 6) is 2.28. The van der Waals surface area contributed by atoms with Crippen molar-refractivity contribution in [3.8, 4) is 11.5 Å². The summed E-state index contributed by atoms with van der Waals surface area (Å²) in [5, 5.41) is 4.56. The lowest BCUT2D eigenvalue weighted by molar-refractivity contribution is 0.459. The molecule has 0 spiro atoms. The van der Waals surface area contributed by atoms with Crippen LogP contribution in [0.15, 0.2) is 60.8 Å². The van der Waals surface area contributed by atoms with Gasteiger partial charge in [-0.1, -0.05) is 30.3 Å². The van der Waals surface area contributed by atoms with Gasteiger partial charge >= 0.3 is 0 Å². The summed E-state index contributed by atoms with van der Waals surface area (Å²) in [6.07, 6.45) is 4.32. The zero-order valence-electron chi connectivity index (χ0n) is 13.0. The van der Waals surface area contributed by atoms with Gasteiger partial charge in [-0.05, 0) is 55.1 Å². The van der Waals surface area contributed by atoms with Gasteiger partial charge in [0, 0.05) is 18.1 Å². The van der Waals surface area contributed by atoms with Gasteiger partial charge in [0.1, 0.15) is 11.3 Å². The highest BCUT2D eigenvalue weighted by Crippen LogP contribution is 2.30. The van der Waals surface area contributed by atoms with Gasteiger partial charge in [-0.15, -0.1) is 0 Å². The first-order chi connectivity index (χ1) is 11.4. The van der Waals surface area contributed by atoms with Gasteiger partial charge < -0.3 is 10.1 Å². The Morgan fingerprint density at radius 3 is 2.70 bits per heavy atom. The maximum absolute atomic E-state index is 6.06. The molecule has 1 aliphatic heterocycles. The fraction of sp³-hybridized carbons (Fsp3) is 0.250. The zero-order valence-corrected chi connectivity index (χ0v) is 13.0. The number of nitrogens with zero attached hydrogens (tertiary/aromatic N) is 1. The number of piperidine rings is 1. The molecule has 1 fully saturated rings. The number of fused-ring (bicyclic) bond motifs is 1. The van der Waals surface area contributed by atoms with Gasteiger partial charge in [0.25, 0.3) is 0 Å². The fourth-order valence-electron chi connectivity index (χ4n) is 3.23. The Bertz CT molecular complexity index is 787. The van der Waals surface area contributed by atoms with Crippen LogP contribution in [0.25, 0.3) is 10.9 Å². The van der Waals surface area contributed by atoms with Crippen LogP contribution in [0.1, 0.15) is 24.3 Å². The molecule has 3 aromatic rings. The maximum Gasteiger partial charge on any atom is 0.153 e. The first kappa shape index (κ1) is 14.2. The van der Waals surface area contributed by atoms with E-state index in [0.717, 1.165) is 35.5 Å². The van der Waals surface area contributed by atoms with E-state index in [0.29, 0.717) is 5.92 Å². The number of nitrogens with one attached hydrogen (secondary N) is 1. The first-order valence-electron chi connectivity index (χ1n) is 8.22. The molecular weight excluding hydrogens is 284 g/mol. The summed E-state index contributed by atoms with van der Waals surface area (Å²) in [6, 6.07) is 18.5. The summed E-state index contributed by atoms with van der Waals surface area (Å²) in [5.41, 5.74) is 2.29. The van der Waals surface area contributed by atoms with Crippen molar-refractivity contribution in [3.05, 3.63) is 66.4 Å². The second-order valence-corrected chi connectivity index (χ2v) is 6.05. The van der Waals surface area contributed by atoms with Crippen LogP contribution < -0.4 is 10.1 Å². The number of benzene rings is 2. The normalized spacial score (nSPS) is 18.0. The highest BCUT2D eigenvalue weighted by atomic mass is 16.5. The second-order valence-electron chi connectivity index (χ2n) is 6.05. The average molecular weight is 304 g/mol. The molecule has 0 unspecified atom stereocenters. The lowest BCUT2D eigenvalue weighted by Crippen LogP contribution is -2.28. The number of ether oxygens (including phenoxy) is 1. The lowest BCUT2D eigenvalue weighted by Gasteiger charge is -2.23. The molecule has 2 heterocycles. The van der Waals surface area contributed by atoms with Gasteiger partial charge in [-0.3, -0.25) is 4.98 Å². The standard InChI is InChI=1S/C20H20N2O/c1-4-16-5-3-13-22-20(16)19(7-1)23-18-10-8-15(9-11-18)17-6-2-12-21-14-17/h1,3-5,7-11,13,17,21H,2,6,12,14H2/t17-/m1/s1. The van der Waals surface area contributed by atoms with E-state index in [9.17, 15) is 0 Å². The molecule has 116 valence electrons. The van der Waals surface area contributed by atoms with E-state index in [1.165, 1.54) is 18.4 Å². The van der Waals surface area contributed by atoms with Crippen molar-refractivity contribution in [2.75, 3.05) is 13.1 Å². The molecular formula is C20H20N2O. The molecule has 3 heteroatoms. The number of aromatic nitrogens is 1. The predicted molar refractivity (Wildman–Crippen MR) is 93.1 cm³/mol. The van der Waals surface area contributed by atoms with Gasteiger partial charge in [0.15, 0.2) is 5.75 Å². The average Bonchev–Trinajstić information content (AvgIpc) is 2.63. The third-order valence-corrected chi connectivity index (χ3v) is 4.47. The van der Waals surface area contributed by atoms with Crippen molar-refractivity contribution in [3.63, 3.8) is 0 Å². The third-order valence-electron chi connectivity index (χ3n) is 4.47.